The molecule has 1 heterocycles. The molecule has 0 bridgehead atoms. The highest BCUT2D eigenvalue weighted by atomic mass is 35.5. The molecule has 0 spiro atoms. The second-order valence-corrected chi connectivity index (χ2v) is 6.73. The minimum absolute atomic E-state index is 0.0456. The summed E-state index contributed by atoms with van der Waals surface area (Å²) in [6, 6.07) is 7.17. The molecule has 1 aliphatic carbocycles. The monoisotopic (exact) mass is 305 g/mol. The van der Waals surface area contributed by atoms with Gasteiger partial charge in [-0.25, -0.2) is 0 Å². The van der Waals surface area contributed by atoms with E-state index >= 15 is 0 Å². The van der Waals surface area contributed by atoms with Crippen LogP contribution in [0.5, 0.6) is 0 Å². The Bertz CT molecular complexity index is 668. The number of furan rings is 1. The molecule has 1 aliphatic rings. The van der Waals surface area contributed by atoms with Crippen LogP contribution in [0.1, 0.15) is 43.2 Å². The molecule has 0 saturated heterocycles. The fourth-order valence-corrected chi connectivity index (χ4v) is 3.41. The number of halogens is 1. The standard InChI is InChI=1S/C17H20ClNO2/c1-11-4-6-17(10-19,7-5-11)16(20)15-9-12-8-13(18)2-3-14(12)21-15/h2-3,8-9,11H,4-7,10,19H2,1H3. The molecule has 3 nitrogen and oxygen atoms in total. The summed E-state index contributed by atoms with van der Waals surface area (Å²) in [6.45, 7) is 2.62. The molecule has 21 heavy (non-hydrogen) atoms. The second-order valence-electron chi connectivity index (χ2n) is 6.29. The lowest BCUT2D eigenvalue weighted by Crippen LogP contribution is -2.41. The van der Waals surface area contributed by atoms with Crippen molar-refractivity contribution in [3.63, 3.8) is 0 Å². The summed E-state index contributed by atoms with van der Waals surface area (Å²) in [6.07, 6.45) is 3.80. The van der Waals surface area contributed by atoms with E-state index in [4.69, 9.17) is 21.8 Å². The highest BCUT2D eigenvalue weighted by molar-refractivity contribution is 6.31. The number of ketones is 1. The lowest BCUT2D eigenvalue weighted by Gasteiger charge is -2.36. The SMILES string of the molecule is CC1CCC(CN)(C(=O)c2cc3cc(Cl)ccc3o2)CC1. The van der Waals surface area contributed by atoms with Gasteiger partial charge in [0.15, 0.2) is 5.76 Å². The molecular formula is C17H20ClNO2. The molecule has 1 aromatic carbocycles. The van der Waals surface area contributed by atoms with E-state index < -0.39 is 5.41 Å². The Balaban J connectivity index is 1.95. The van der Waals surface area contributed by atoms with Crippen LogP contribution >= 0.6 is 11.6 Å². The van der Waals surface area contributed by atoms with Gasteiger partial charge in [0.2, 0.25) is 5.78 Å². The summed E-state index contributed by atoms with van der Waals surface area (Å²) in [5.74, 6) is 1.13. The number of Topliss-reactive ketones (excluding diaryl/α,β-unsaturated/α-hetero) is 1. The maximum Gasteiger partial charge on any atom is 0.205 e. The molecule has 0 atom stereocenters. The summed E-state index contributed by atoms with van der Waals surface area (Å²) in [5, 5.41) is 1.50. The summed E-state index contributed by atoms with van der Waals surface area (Å²) in [4.78, 5) is 12.9. The molecule has 0 radical (unpaired) electrons. The van der Waals surface area contributed by atoms with Crippen molar-refractivity contribution in [2.45, 2.75) is 32.6 Å². The van der Waals surface area contributed by atoms with Crippen molar-refractivity contribution in [2.24, 2.45) is 17.1 Å². The number of nitrogens with two attached hydrogens (primary N) is 1. The maximum atomic E-state index is 12.9. The Kier molecular flexibility index (Phi) is 3.80. The normalized spacial score (nSPS) is 26.1. The van der Waals surface area contributed by atoms with E-state index in [2.05, 4.69) is 6.92 Å². The zero-order chi connectivity index (χ0) is 15.0. The highest BCUT2D eigenvalue weighted by Crippen LogP contribution is 2.41. The molecule has 1 saturated carbocycles. The van der Waals surface area contributed by atoms with Gasteiger partial charge in [-0.3, -0.25) is 4.79 Å². The third-order valence-electron chi connectivity index (χ3n) is 4.81. The molecule has 0 unspecified atom stereocenters. The van der Waals surface area contributed by atoms with Gasteiger partial charge in [0.25, 0.3) is 0 Å². The van der Waals surface area contributed by atoms with E-state index in [1.165, 1.54) is 0 Å². The number of carbonyl (C=O) groups excluding carboxylic acids is 1. The minimum Gasteiger partial charge on any atom is -0.453 e. The first kappa shape index (κ1) is 14.6. The van der Waals surface area contributed by atoms with E-state index in [0.29, 0.717) is 28.8 Å². The molecule has 1 aromatic heterocycles. The quantitative estimate of drug-likeness (QED) is 0.854. The van der Waals surface area contributed by atoms with Crippen LogP contribution < -0.4 is 5.73 Å². The Morgan fingerprint density at radius 1 is 1.38 bits per heavy atom. The summed E-state index contributed by atoms with van der Waals surface area (Å²) in [5.41, 5.74) is 6.20. The van der Waals surface area contributed by atoms with E-state index in [9.17, 15) is 4.79 Å². The summed E-state index contributed by atoms with van der Waals surface area (Å²) >= 11 is 5.98. The lowest BCUT2D eigenvalue weighted by molar-refractivity contribution is 0.0667. The zero-order valence-corrected chi connectivity index (χ0v) is 13.0. The topological polar surface area (TPSA) is 56.2 Å². The van der Waals surface area contributed by atoms with Crippen LogP contribution in [0.25, 0.3) is 11.0 Å². The number of hydrogen-bond donors (Lipinski definition) is 1. The van der Waals surface area contributed by atoms with Crippen molar-refractivity contribution in [1.82, 2.24) is 0 Å². The largest absolute Gasteiger partial charge is 0.453 e. The highest BCUT2D eigenvalue weighted by Gasteiger charge is 2.41. The van der Waals surface area contributed by atoms with E-state index in [-0.39, 0.29) is 5.78 Å². The first-order valence-electron chi connectivity index (χ1n) is 7.48. The predicted molar refractivity (Wildman–Crippen MR) is 84.7 cm³/mol. The minimum atomic E-state index is -0.454. The molecule has 0 aliphatic heterocycles. The Labute approximate surface area is 129 Å². The first-order valence-corrected chi connectivity index (χ1v) is 7.86. The van der Waals surface area contributed by atoms with Gasteiger partial charge in [-0.2, -0.15) is 0 Å². The van der Waals surface area contributed by atoms with Gasteiger partial charge in [0.1, 0.15) is 5.58 Å². The smallest absolute Gasteiger partial charge is 0.205 e. The van der Waals surface area contributed by atoms with Crippen molar-refractivity contribution in [3.05, 3.63) is 35.0 Å². The Morgan fingerprint density at radius 2 is 2.10 bits per heavy atom. The van der Waals surface area contributed by atoms with Gasteiger partial charge in [-0.05, 0) is 55.9 Å². The average Bonchev–Trinajstić information content (AvgIpc) is 2.90. The molecule has 3 rings (SSSR count). The number of carbonyl (C=O) groups is 1. The van der Waals surface area contributed by atoms with Gasteiger partial charge < -0.3 is 10.2 Å². The Hall–Kier alpha value is -1.32. The van der Waals surface area contributed by atoms with E-state index in [1.54, 1.807) is 18.2 Å². The molecule has 4 heteroatoms. The molecular weight excluding hydrogens is 286 g/mol. The molecule has 0 amide bonds. The van der Waals surface area contributed by atoms with Gasteiger partial charge in [0, 0.05) is 22.4 Å². The molecule has 1 fully saturated rings. The summed E-state index contributed by atoms with van der Waals surface area (Å²) < 4.78 is 5.73. The van der Waals surface area contributed by atoms with E-state index in [0.717, 1.165) is 31.1 Å². The average molecular weight is 306 g/mol. The van der Waals surface area contributed by atoms with Crippen LogP contribution in [-0.2, 0) is 0 Å². The third kappa shape index (κ3) is 2.60. The van der Waals surface area contributed by atoms with Crippen LogP contribution in [0.15, 0.2) is 28.7 Å². The van der Waals surface area contributed by atoms with Crippen LogP contribution in [0.3, 0.4) is 0 Å². The second kappa shape index (κ2) is 5.47. The molecule has 2 aromatic rings. The van der Waals surface area contributed by atoms with Gasteiger partial charge >= 0.3 is 0 Å². The number of hydrogen-bond acceptors (Lipinski definition) is 3. The van der Waals surface area contributed by atoms with Crippen molar-refractivity contribution in [2.75, 3.05) is 6.54 Å². The van der Waals surface area contributed by atoms with Crippen molar-refractivity contribution in [3.8, 4) is 0 Å². The lowest BCUT2D eigenvalue weighted by atomic mass is 9.68. The van der Waals surface area contributed by atoms with Gasteiger partial charge in [0.05, 0.1) is 0 Å². The van der Waals surface area contributed by atoms with Crippen molar-refractivity contribution in [1.29, 1.82) is 0 Å². The third-order valence-corrected chi connectivity index (χ3v) is 5.04. The number of fused-ring (bicyclic) bond motifs is 1. The Morgan fingerprint density at radius 3 is 2.76 bits per heavy atom. The van der Waals surface area contributed by atoms with Crippen LogP contribution in [0.4, 0.5) is 0 Å². The van der Waals surface area contributed by atoms with E-state index in [1.807, 2.05) is 6.07 Å². The first-order chi connectivity index (χ1) is 10.0. The maximum absolute atomic E-state index is 12.9. The van der Waals surface area contributed by atoms with Gasteiger partial charge in [-0.1, -0.05) is 18.5 Å². The fraction of sp³-hybridized carbons (Fsp3) is 0.471. The van der Waals surface area contributed by atoms with Crippen molar-refractivity contribution < 1.29 is 9.21 Å². The summed E-state index contributed by atoms with van der Waals surface area (Å²) in [7, 11) is 0. The fourth-order valence-electron chi connectivity index (χ4n) is 3.23. The van der Waals surface area contributed by atoms with Gasteiger partial charge in [-0.15, -0.1) is 0 Å². The van der Waals surface area contributed by atoms with Crippen LogP contribution in [-0.4, -0.2) is 12.3 Å². The number of rotatable bonds is 3. The van der Waals surface area contributed by atoms with Crippen LogP contribution in [0.2, 0.25) is 5.02 Å². The van der Waals surface area contributed by atoms with Crippen LogP contribution in [0, 0.1) is 11.3 Å². The molecule has 112 valence electrons. The molecule has 2 N–H and O–H groups in total. The number of benzene rings is 1. The predicted octanol–water partition coefficient (Wildman–Crippen LogP) is 4.42. The zero-order valence-electron chi connectivity index (χ0n) is 12.2. The van der Waals surface area contributed by atoms with Crippen molar-refractivity contribution >= 4 is 28.4 Å².